The Morgan fingerprint density at radius 2 is 1.44 bits per heavy atom. The molecule has 0 radical (unpaired) electrons. The normalized spacial score (nSPS) is 10.6. The number of aryl methyl sites for hydroxylation is 2. The molecule has 0 aromatic heterocycles. The molecule has 0 amide bonds. The summed E-state index contributed by atoms with van der Waals surface area (Å²) in [7, 11) is 1.64. The van der Waals surface area contributed by atoms with Crippen molar-refractivity contribution in [3.63, 3.8) is 0 Å². The summed E-state index contributed by atoms with van der Waals surface area (Å²) in [6, 6.07) is 23.0. The van der Waals surface area contributed by atoms with E-state index in [1.165, 1.54) is 23.3 Å². The SMILES string of the molecule is COc1cc(CCCCc2ccccc2)ccc1OCc1cccc(F)c1. The largest absolute Gasteiger partial charge is 0.493 e. The van der Waals surface area contributed by atoms with Gasteiger partial charge in [0.1, 0.15) is 12.4 Å². The molecule has 0 saturated carbocycles. The fourth-order valence-corrected chi connectivity index (χ4v) is 3.08. The fourth-order valence-electron chi connectivity index (χ4n) is 3.08. The van der Waals surface area contributed by atoms with Gasteiger partial charge < -0.3 is 9.47 Å². The van der Waals surface area contributed by atoms with Crippen LogP contribution in [-0.4, -0.2) is 7.11 Å². The van der Waals surface area contributed by atoms with Crippen LogP contribution in [0, 0.1) is 5.82 Å². The zero-order chi connectivity index (χ0) is 18.9. The first kappa shape index (κ1) is 19.0. The van der Waals surface area contributed by atoms with Gasteiger partial charge in [-0.1, -0.05) is 48.5 Å². The Bertz CT molecular complexity index is 846. The molecule has 0 aliphatic heterocycles. The van der Waals surface area contributed by atoms with Crippen LogP contribution >= 0.6 is 0 Å². The number of rotatable bonds is 9. The summed E-state index contributed by atoms with van der Waals surface area (Å²) in [6.07, 6.45) is 4.39. The number of ether oxygens (including phenoxy) is 2. The van der Waals surface area contributed by atoms with E-state index in [-0.39, 0.29) is 5.82 Å². The Hall–Kier alpha value is -2.81. The maximum Gasteiger partial charge on any atom is 0.161 e. The van der Waals surface area contributed by atoms with Crippen LogP contribution in [0.2, 0.25) is 0 Å². The molecule has 0 bridgehead atoms. The number of hydrogen-bond donors (Lipinski definition) is 0. The summed E-state index contributed by atoms with van der Waals surface area (Å²) in [5.41, 5.74) is 3.41. The maximum absolute atomic E-state index is 13.3. The topological polar surface area (TPSA) is 18.5 Å². The third-order valence-electron chi connectivity index (χ3n) is 4.54. The molecule has 2 nitrogen and oxygen atoms in total. The molecule has 3 aromatic rings. The quantitative estimate of drug-likeness (QED) is 0.435. The molecular weight excluding hydrogens is 339 g/mol. The third-order valence-corrected chi connectivity index (χ3v) is 4.54. The number of hydrogen-bond acceptors (Lipinski definition) is 2. The van der Waals surface area contributed by atoms with Gasteiger partial charge in [-0.15, -0.1) is 0 Å². The van der Waals surface area contributed by atoms with Crippen LogP contribution < -0.4 is 9.47 Å². The van der Waals surface area contributed by atoms with Crippen molar-refractivity contribution in [3.05, 3.63) is 95.3 Å². The highest BCUT2D eigenvalue weighted by atomic mass is 19.1. The van der Waals surface area contributed by atoms with Gasteiger partial charge in [-0.05, 0) is 66.6 Å². The minimum absolute atomic E-state index is 0.256. The molecule has 0 N–H and O–H groups in total. The van der Waals surface area contributed by atoms with E-state index in [9.17, 15) is 4.39 Å². The molecule has 140 valence electrons. The van der Waals surface area contributed by atoms with Gasteiger partial charge in [-0.25, -0.2) is 4.39 Å². The van der Waals surface area contributed by atoms with Crippen LogP contribution in [0.15, 0.2) is 72.8 Å². The molecule has 27 heavy (non-hydrogen) atoms. The average molecular weight is 364 g/mol. The van der Waals surface area contributed by atoms with E-state index >= 15 is 0 Å². The molecular formula is C24H25FO2. The molecule has 0 aliphatic rings. The fraction of sp³-hybridized carbons (Fsp3) is 0.250. The zero-order valence-corrected chi connectivity index (χ0v) is 15.7. The third kappa shape index (κ3) is 5.85. The summed E-state index contributed by atoms with van der Waals surface area (Å²) in [5, 5.41) is 0. The predicted molar refractivity (Wildman–Crippen MR) is 107 cm³/mol. The van der Waals surface area contributed by atoms with Gasteiger partial charge in [0.05, 0.1) is 7.11 Å². The smallest absolute Gasteiger partial charge is 0.161 e. The van der Waals surface area contributed by atoms with Gasteiger partial charge in [0.2, 0.25) is 0 Å². The molecule has 0 saturated heterocycles. The van der Waals surface area contributed by atoms with E-state index in [0.717, 1.165) is 31.2 Å². The summed E-state index contributed by atoms with van der Waals surface area (Å²) in [6.45, 7) is 0.310. The van der Waals surface area contributed by atoms with E-state index < -0.39 is 0 Å². The molecule has 3 rings (SSSR count). The second kappa shape index (κ2) is 9.77. The van der Waals surface area contributed by atoms with Crippen LogP contribution in [-0.2, 0) is 19.4 Å². The van der Waals surface area contributed by atoms with Gasteiger partial charge in [-0.2, -0.15) is 0 Å². The second-order valence-electron chi connectivity index (χ2n) is 6.60. The Balaban J connectivity index is 1.52. The van der Waals surface area contributed by atoms with Crippen LogP contribution in [0.1, 0.15) is 29.5 Å². The lowest BCUT2D eigenvalue weighted by molar-refractivity contribution is 0.284. The van der Waals surface area contributed by atoms with Crippen LogP contribution in [0.5, 0.6) is 11.5 Å². The van der Waals surface area contributed by atoms with Crippen LogP contribution in [0.25, 0.3) is 0 Å². The number of unbranched alkanes of at least 4 members (excludes halogenated alkanes) is 1. The highest BCUT2D eigenvalue weighted by Gasteiger charge is 2.07. The van der Waals surface area contributed by atoms with E-state index in [0.29, 0.717) is 18.1 Å². The summed E-state index contributed by atoms with van der Waals surface area (Å²) >= 11 is 0. The van der Waals surface area contributed by atoms with Crippen molar-refractivity contribution in [1.82, 2.24) is 0 Å². The summed E-state index contributed by atoms with van der Waals surface area (Å²) in [4.78, 5) is 0. The molecule has 0 atom stereocenters. The molecule has 0 fully saturated rings. The van der Waals surface area contributed by atoms with E-state index in [1.807, 2.05) is 24.3 Å². The van der Waals surface area contributed by atoms with Gasteiger partial charge >= 0.3 is 0 Å². The van der Waals surface area contributed by atoms with E-state index in [2.05, 4.69) is 30.3 Å². The molecule has 3 aromatic carbocycles. The standard InChI is InChI=1S/C24H25FO2/c1-26-24-17-20(11-6-5-10-19-8-3-2-4-9-19)14-15-23(24)27-18-21-12-7-13-22(25)16-21/h2-4,7-9,12-17H,5-6,10-11,18H2,1H3. The molecule has 3 heteroatoms. The number of benzene rings is 3. The zero-order valence-electron chi connectivity index (χ0n) is 15.7. The van der Waals surface area contributed by atoms with Gasteiger partial charge in [0.15, 0.2) is 11.5 Å². The molecule has 0 aliphatic carbocycles. The monoisotopic (exact) mass is 364 g/mol. The summed E-state index contributed by atoms with van der Waals surface area (Å²) < 4.78 is 24.6. The van der Waals surface area contributed by atoms with Crippen molar-refractivity contribution in [2.45, 2.75) is 32.3 Å². The highest BCUT2D eigenvalue weighted by Crippen LogP contribution is 2.29. The van der Waals surface area contributed by atoms with Gasteiger partial charge in [0.25, 0.3) is 0 Å². The minimum atomic E-state index is -0.256. The second-order valence-corrected chi connectivity index (χ2v) is 6.60. The lowest BCUT2D eigenvalue weighted by Crippen LogP contribution is -1.99. The first-order chi connectivity index (χ1) is 13.2. The highest BCUT2D eigenvalue weighted by molar-refractivity contribution is 5.43. The lowest BCUT2D eigenvalue weighted by Gasteiger charge is -2.12. The molecule has 0 spiro atoms. The number of halogens is 1. The Morgan fingerprint density at radius 3 is 2.19 bits per heavy atom. The van der Waals surface area contributed by atoms with Crippen molar-refractivity contribution in [1.29, 1.82) is 0 Å². The van der Waals surface area contributed by atoms with Crippen molar-refractivity contribution >= 4 is 0 Å². The van der Waals surface area contributed by atoms with Gasteiger partial charge in [-0.3, -0.25) is 0 Å². The predicted octanol–water partition coefficient (Wildman–Crippen LogP) is 5.98. The van der Waals surface area contributed by atoms with Crippen LogP contribution in [0.3, 0.4) is 0 Å². The van der Waals surface area contributed by atoms with Crippen molar-refractivity contribution in [2.24, 2.45) is 0 Å². The van der Waals surface area contributed by atoms with Crippen LogP contribution in [0.4, 0.5) is 4.39 Å². The van der Waals surface area contributed by atoms with Crippen molar-refractivity contribution in [3.8, 4) is 11.5 Å². The van der Waals surface area contributed by atoms with E-state index in [4.69, 9.17) is 9.47 Å². The lowest BCUT2D eigenvalue weighted by atomic mass is 10.0. The van der Waals surface area contributed by atoms with Crippen molar-refractivity contribution in [2.75, 3.05) is 7.11 Å². The Labute approximate surface area is 160 Å². The Kier molecular flexibility index (Phi) is 6.86. The maximum atomic E-state index is 13.3. The first-order valence-corrected chi connectivity index (χ1v) is 9.32. The van der Waals surface area contributed by atoms with E-state index in [1.54, 1.807) is 13.2 Å². The Morgan fingerprint density at radius 1 is 0.704 bits per heavy atom. The summed E-state index contributed by atoms with van der Waals surface area (Å²) in [5.74, 6) is 1.13. The first-order valence-electron chi connectivity index (χ1n) is 9.32. The van der Waals surface area contributed by atoms with Crippen molar-refractivity contribution < 1.29 is 13.9 Å². The molecule has 0 heterocycles. The molecule has 0 unspecified atom stereocenters. The minimum Gasteiger partial charge on any atom is -0.493 e. The number of methoxy groups -OCH3 is 1. The average Bonchev–Trinajstić information content (AvgIpc) is 2.71. The van der Waals surface area contributed by atoms with Gasteiger partial charge in [0, 0.05) is 0 Å².